The summed E-state index contributed by atoms with van der Waals surface area (Å²) in [5.74, 6) is 0.732. The van der Waals surface area contributed by atoms with Crippen molar-refractivity contribution >= 4 is 11.6 Å². The van der Waals surface area contributed by atoms with Gasteiger partial charge < -0.3 is 5.32 Å². The molecular weight excluding hydrogens is 254 g/mol. The zero-order chi connectivity index (χ0) is 13.9. The van der Waals surface area contributed by atoms with Crippen LogP contribution in [-0.4, -0.2) is 13.1 Å². The van der Waals surface area contributed by atoms with Gasteiger partial charge in [-0.3, -0.25) is 0 Å². The maximum Gasteiger partial charge on any atom is 0.0408 e. The van der Waals surface area contributed by atoms with Crippen molar-refractivity contribution in [2.45, 2.75) is 52.4 Å². The van der Waals surface area contributed by atoms with Crippen molar-refractivity contribution in [2.75, 3.05) is 13.1 Å². The van der Waals surface area contributed by atoms with Crippen molar-refractivity contribution < 1.29 is 0 Å². The molecule has 2 heteroatoms. The second-order valence-electron chi connectivity index (χ2n) is 5.36. The molecule has 1 unspecified atom stereocenters. The molecule has 0 bridgehead atoms. The fourth-order valence-corrected chi connectivity index (χ4v) is 2.69. The average Bonchev–Trinajstić information content (AvgIpc) is 2.40. The lowest BCUT2D eigenvalue weighted by atomic mass is 9.93. The number of nitrogens with one attached hydrogen (secondary N) is 1. The van der Waals surface area contributed by atoms with Gasteiger partial charge in [-0.05, 0) is 49.5 Å². The summed E-state index contributed by atoms with van der Waals surface area (Å²) in [6, 6.07) is 8.30. The van der Waals surface area contributed by atoms with Gasteiger partial charge in [0, 0.05) is 5.02 Å². The molecule has 19 heavy (non-hydrogen) atoms. The third-order valence-electron chi connectivity index (χ3n) is 3.56. The molecule has 0 fully saturated rings. The van der Waals surface area contributed by atoms with Crippen LogP contribution in [0.2, 0.25) is 5.02 Å². The molecule has 1 nitrogen and oxygen atoms in total. The Labute approximate surface area is 123 Å². The van der Waals surface area contributed by atoms with Crippen molar-refractivity contribution in [3.63, 3.8) is 0 Å². The predicted molar refractivity (Wildman–Crippen MR) is 85.9 cm³/mol. The first kappa shape index (κ1) is 16.5. The van der Waals surface area contributed by atoms with E-state index in [9.17, 15) is 0 Å². The van der Waals surface area contributed by atoms with Crippen molar-refractivity contribution in [1.29, 1.82) is 0 Å². The summed E-state index contributed by atoms with van der Waals surface area (Å²) in [5.41, 5.74) is 1.37. The van der Waals surface area contributed by atoms with E-state index in [1.807, 2.05) is 6.07 Å². The standard InChI is InChI=1S/C17H28ClN/c1-3-5-6-7-9-16(14-19-4-2)12-15-10-8-11-17(18)13-15/h8,10-11,13,16,19H,3-7,9,12,14H2,1-2H3. The van der Waals surface area contributed by atoms with Gasteiger partial charge in [0.1, 0.15) is 0 Å². The third kappa shape index (κ3) is 7.59. The Kier molecular flexibility index (Phi) is 8.94. The molecule has 0 saturated heterocycles. The highest BCUT2D eigenvalue weighted by atomic mass is 35.5. The molecule has 1 rings (SSSR count). The van der Waals surface area contributed by atoms with E-state index in [2.05, 4.69) is 37.4 Å². The summed E-state index contributed by atoms with van der Waals surface area (Å²) < 4.78 is 0. The molecule has 0 spiro atoms. The summed E-state index contributed by atoms with van der Waals surface area (Å²) in [5, 5.41) is 4.34. The Morgan fingerprint density at radius 1 is 1.16 bits per heavy atom. The first-order valence-corrected chi connectivity index (χ1v) is 8.09. The normalized spacial score (nSPS) is 12.6. The first-order valence-electron chi connectivity index (χ1n) is 7.71. The number of halogens is 1. The van der Waals surface area contributed by atoms with Crippen LogP contribution in [0.5, 0.6) is 0 Å². The lowest BCUT2D eigenvalue weighted by Crippen LogP contribution is -2.24. The van der Waals surface area contributed by atoms with E-state index in [1.54, 1.807) is 0 Å². The highest BCUT2D eigenvalue weighted by Gasteiger charge is 2.09. The Morgan fingerprint density at radius 2 is 2.00 bits per heavy atom. The molecule has 1 aromatic rings. The number of unbranched alkanes of at least 4 members (excludes halogenated alkanes) is 3. The van der Waals surface area contributed by atoms with E-state index in [-0.39, 0.29) is 0 Å². The van der Waals surface area contributed by atoms with Crippen LogP contribution in [-0.2, 0) is 6.42 Å². The molecule has 0 radical (unpaired) electrons. The minimum Gasteiger partial charge on any atom is -0.317 e. The number of hydrogen-bond donors (Lipinski definition) is 1. The average molecular weight is 282 g/mol. The summed E-state index contributed by atoms with van der Waals surface area (Å²) in [4.78, 5) is 0. The van der Waals surface area contributed by atoms with Gasteiger partial charge >= 0.3 is 0 Å². The molecule has 0 aromatic heterocycles. The summed E-state index contributed by atoms with van der Waals surface area (Å²) >= 11 is 6.06. The van der Waals surface area contributed by atoms with Gasteiger partial charge in [-0.15, -0.1) is 0 Å². The second-order valence-corrected chi connectivity index (χ2v) is 5.79. The van der Waals surface area contributed by atoms with Crippen LogP contribution in [0.1, 0.15) is 51.5 Å². The molecule has 1 atom stereocenters. The Hall–Kier alpha value is -0.530. The molecule has 0 aliphatic heterocycles. The van der Waals surface area contributed by atoms with Crippen molar-refractivity contribution in [1.82, 2.24) is 5.32 Å². The quantitative estimate of drug-likeness (QED) is 0.590. The fourth-order valence-electron chi connectivity index (χ4n) is 2.48. The van der Waals surface area contributed by atoms with E-state index in [1.165, 1.54) is 37.7 Å². The summed E-state index contributed by atoms with van der Waals surface area (Å²) in [7, 11) is 0. The molecule has 1 N–H and O–H groups in total. The van der Waals surface area contributed by atoms with Crippen molar-refractivity contribution in [3.05, 3.63) is 34.9 Å². The lowest BCUT2D eigenvalue weighted by Gasteiger charge is -2.17. The van der Waals surface area contributed by atoms with Crippen LogP contribution in [0.4, 0.5) is 0 Å². The third-order valence-corrected chi connectivity index (χ3v) is 3.80. The lowest BCUT2D eigenvalue weighted by molar-refractivity contribution is 0.426. The van der Waals surface area contributed by atoms with Crippen molar-refractivity contribution in [3.8, 4) is 0 Å². The molecule has 0 aliphatic carbocycles. The number of hydrogen-bond acceptors (Lipinski definition) is 1. The maximum atomic E-state index is 6.06. The van der Waals surface area contributed by atoms with Crippen molar-refractivity contribution in [2.24, 2.45) is 5.92 Å². The van der Waals surface area contributed by atoms with E-state index >= 15 is 0 Å². The largest absolute Gasteiger partial charge is 0.317 e. The van der Waals surface area contributed by atoms with Crippen LogP contribution in [0.25, 0.3) is 0 Å². The first-order chi connectivity index (χ1) is 9.26. The van der Waals surface area contributed by atoms with Gasteiger partial charge in [-0.25, -0.2) is 0 Å². The van der Waals surface area contributed by atoms with Crippen LogP contribution in [0.15, 0.2) is 24.3 Å². The molecular formula is C17H28ClN. The van der Waals surface area contributed by atoms with E-state index in [0.29, 0.717) is 0 Å². The van der Waals surface area contributed by atoms with Crippen LogP contribution in [0.3, 0.4) is 0 Å². The molecule has 1 aromatic carbocycles. The SMILES string of the molecule is CCCCCCC(CNCC)Cc1cccc(Cl)c1. The maximum absolute atomic E-state index is 6.06. The molecule has 108 valence electrons. The van der Waals surface area contributed by atoms with E-state index < -0.39 is 0 Å². The Balaban J connectivity index is 2.43. The van der Waals surface area contributed by atoms with E-state index in [4.69, 9.17) is 11.6 Å². The van der Waals surface area contributed by atoms with Gasteiger partial charge in [0.05, 0.1) is 0 Å². The Morgan fingerprint density at radius 3 is 2.68 bits per heavy atom. The summed E-state index contributed by atoms with van der Waals surface area (Å²) in [6.45, 7) is 6.62. The molecule has 0 saturated carbocycles. The second kappa shape index (κ2) is 10.3. The smallest absolute Gasteiger partial charge is 0.0408 e. The fraction of sp³-hybridized carbons (Fsp3) is 0.647. The number of rotatable bonds is 10. The Bertz CT molecular complexity index is 338. The minimum absolute atomic E-state index is 0.732. The van der Waals surface area contributed by atoms with Crippen LogP contribution < -0.4 is 5.32 Å². The minimum atomic E-state index is 0.732. The molecule has 0 heterocycles. The molecule has 0 amide bonds. The summed E-state index contributed by atoms with van der Waals surface area (Å²) in [6.07, 6.45) is 7.86. The van der Waals surface area contributed by atoms with Crippen LogP contribution >= 0.6 is 11.6 Å². The van der Waals surface area contributed by atoms with Gasteiger partial charge in [0.25, 0.3) is 0 Å². The monoisotopic (exact) mass is 281 g/mol. The van der Waals surface area contributed by atoms with Gasteiger partial charge in [-0.1, -0.05) is 63.3 Å². The molecule has 0 aliphatic rings. The van der Waals surface area contributed by atoms with Gasteiger partial charge in [-0.2, -0.15) is 0 Å². The van der Waals surface area contributed by atoms with E-state index in [0.717, 1.165) is 30.5 Å². The van der Waals surface area contributed by atoms with Gasteiger partial charge in [0.15, 0.2) is 0 Å². The topological polar surface area (TPSA) is 12.0 Å². The van der Waals surface area contributed by atoms with Gasteiger partial charge in [0.2, 0.25) is 0 Å². The number of benzene rings is 1. The predicted octanol–water partition coefficient (Wildman–Crippen LogP) is 5.08. The highest BCUT2D eigenvalue weighted by molar-refractivity contribution is 6.30. The highest BCUT2D eigenvalue weighted by Crippen LogP contribution is 2.18. The zero-order valence-corrected chi connectivity index (χ0v) is 13.2. The zero-order valence-electron chi connectivity index (χ0n) is 12.4. The van der Waals surface area contributed by atoms with Crippen LogP contribution in [0, 0.1) is 5.92 Å².